The Labute approximate surface area is 89.6 Å². The van der Waals surface area contributed by atoms with E-state index in [0.717, 1.165) is 18.5 Å². The van der Waals surface area contributed by atoms with Crippen LogP contribution in [0.15, 0.2) is 18.3 Å². The maximum atomic E-state index is 10.3. The largest absolute Gasteiger partial charge is 0.385 e. The van der Waals surface area contributed by atoms with Gasteiger partial charge in [0.15, 0.2) is 0 Å². The Hall–Kier alpha value is -1.16. The molecule has 0 spiro atoms. The average molecular weight is 207 g/mol. The second-order valence-corrected chi connectivity index (χ2v) is 4.54. The van der Waals surface area contributed by atoms with Crippen LogP contribution >= 0.6 is 0 Å². The summed E-state index contributed by atoms with van der Waals surface area (Å²) >= 11 is 0. The van der Waals surface area contributed by atoms with Gasteiger partial charge < -0.3 is 5.11 Å². The first-order valence-electron chi connectivity index (χ1n) is 5.34. The summed E-state index contributed by atoms with van der Waals surface area (Å²) in [5.41, 5.74) is 0.127. The van der Waals surface area contributed by atoms with Crippen LogP contribution in [0, 0.1) is 5.92 Å². The number of aromatic nitrogens is 3. The first kappa shape index (κ1) is 10.4. The summed E-state index contributed by atoms with van der Waals surface area (Å²) < 4.78 is 1.66. The van der Waals surface area contributed by atoms with E-state index in [4.69, 9.17) is 0 Å². The number of allylic oxidation sites excluding steroid dienone is 1. The molecule has 1 aromatic heterocycles. The molecule has 0 saturated heterocycles. The molecular formula is C11H17N3O. The Bertz CT molecular complexity index is 372. The molecule has 0 aliphatic heterocycles. The van der Waals surface area contributed by atoms with Crippen LogP contribution in [0.4, 0.5) is 0 Å². The van der Waals surface area contributed by atoms with Gasteiger partial charge >= 0.3 is 0 Å². The predicted octanol–water partition coefficient (Wildman–Crippen LogP) is 1.07. The third-order valence-electron chi connectivity index (χ3n) is 2.90. The van der Waals surface area contributed by atoms with E-state index in [0.29, 0.717) is 12.3 Å². The molecule has 1 N–H and O–H groups in total. The topological polar surface area (TPSA) is 50.9 Å². The molecule has 2 unspecified atom stereocenters. The molecule has 2 atom stereocenters. The lowest BCUT2D eigenvalue weighted by molar-refractivity contribution is 0.0690. The van der Waals surface area contributed by atoms with Crippen LogP contribution in [-0.2, 0) is 13.5 Å². The second-order valence-electron chi connectivity index (χ2n) is 4.54. The quantitative estimate of drug-likeness (QED) is 0.738. The number of aryl methyl sites for hydroxylation is 1. The molecule has 0 radical (unpaired) electrons. The predicted molar refractivity (Wildman–Crippen MR) is 57.2 cm³/mol. The fourth-order valence-corrected chi connectivity index (χ4v) is 1.94. The molecule has 0 saturated carbocycles. The number of hydrogen-bond donors (Lipinski definition) is 1. The molecule has 82 valence electrons. The van der Waals surface area contributed by atoms with Crippen LogP contribution in [0.3, 0.4) is 0 Å². The van der Waals surface area contributed by atoms with Crippen LogP contribution in [0.25, 0.3) is 0 Å². The van der Waals surface area contributed by atoms with E-state index in [9.17, 15) is 5.11 Å². The van der Waals surface area contributed by atoms with Crippen molar-refractivity contribution in [3.63, 3.8) is 0 Å². The van der Waals surface area contributed by atoms with Gasteiger partial charge in [0.05, 0.1) is 11.3 Å². The van der Waals surface area contributed by atoms with Crippen molar-refractivity contribution >= 4 is 0 Å². The molecule has 4 heteroatoms. The summed E-state index contributed by atoms with van der Waals surface area (Å²) in [4.78, 5) is 0. The van der Waals surface area contributed by atoms with Crippen molar-refractivity contribution in [1.82, 2.24) is 15.0 Å². The van der Waals surface area contributed by atoms with E-state index in [1.165, 1.54) is 0 Å². The van der Waals surface area contributed by atoms with Gasteiger partial charge in [0.2, 0.25) is 0 Å². The molecule has 0 amide bonds. The number of nitrogens with zero attached hydrogens (tertiary/aromatic N) is 3. The lowest BCUT2D eigenvalue weighted by atomic mass is 9.83. The zero-order chi connectivity index (χ0) is 10.9. The van der Waals surface area contributed by atoms with Gasteiger partial charge in [-0.05, 0) is 18.8 Å². The van der Waals surface area contributed by atoms with Crippen LogP contribution in [0.5, 0.6) is 0 Å². The van der Waals surface area contributed by atoms with Crippen LogP contribution < -0.4 is 0 Å². The zero-order valence-corrected chi connectivity index (χ0v) is 9.22. The smallest absolute Gasteiger partial charge is 0.0884 e. The number of hydrogen-bond acceptors (Lipinski definition) is 3. The Kier molecular flexibility index (Phi) is 2.61. The second kappa shape index (κ2) is 3.77. The minimum atomic E-state index is -0.720. The molecule has 2 rings (SSSR count). The van der Waals surface area contributed by atoms with Crippen molar-refractivity contribution in [1.29, 1.82) is 0 Å². The van der Waals surface area contributed by atoms with E-state index in [1.807, 2.05) is 19.3 Å². The van der Waals surface area contributed by atoms with Crippen molar-refractivity contribution in [2.24, 2.45) is 13.0 Å². The summed E-state index contributed by atoms with van der Waals surface area (Å²) in [7, 11) is 1.83. The van der Waals surface area contributed by atoms with Crippen molar-refractivity contribution in [3.8, 4) is 0 Å². The summed E-state index contributed by atoms with van der Waals surface area (Å²) in [6.07, 6.45) is 8.25. The summed E-state index contributed by atoms with van der Waals surface area (Å²) in [6, 6.07) is 0. The van der Waals surface area contributed by atoms with E-state index in [1.54, 1.807) is 4.68 Å². The first-order chi connectivity index (χ1) is 7.07. The third-order valence-corrected chi connectivity index (χ3v) is 2.90. The number of aliphatic hydroxyl groups is 1. The highest BCUT2D eigenvalue weighted by Gasteiger charge is 2.28. The van der Waals surface area contributed by atoms with E-state index < -0.39 is 5.60 Å². The minimum absolute atomic E-state index is 0.560. The van der Waals surface area contributed by atoms with Crippen molar-refractivity contribution < 1.29 is 5.11 Å². The van der Waals surface area contributed by atoms with Gasteiger partial charge in [0.25, 0.3) is 0 Å². The minimum Gasteiger partial charge on any atom is -0.385 e. The van der Waals surface area contributed by atoms with Crippen LogP contribution in [-0.4, -0.2) is 25.7 Å². The molecule has 0 aromatic carbocycles. The Morgan fingerprint density at radius 2 is 2.47 bits per heavy atom. The standard InChI is InChI=1S/C11H17N3O/c1-9-3-5-11(15,6-4-9)7-10-8-14(2)13-12-10/h3,5,8-9,15H,4,6-7H2,1-2H3. The lowest BCUT2D eigenvalue weighted by Crippen LogP contribution is -2.32. The van der Waals surface area contributed by atoms with Gasteiger partial charge in [-0.15, -0.1) is 5.10 Å². The Morgan fingerprint density at radius 3 is 3.00 bits per heavy atom. The Morgan fingerprint density at radius 1 is 1.67 bits per heavy atom. The van der Waals surface area contributed by atoms with E-state index >= 15 is 0 Å². The highest BCUT2D eigenvalue weighted by molar-refractivity contribution is 5.12. The monoisotopic (exact) mass is 207 g/mol. The van der Waals surface area contributed by atoms with Gasteiger partial charge in [0.1, 0.15) is 0 Å². The molecule has 0 bridgehead atoms. The molecule has 15 heavy (non-hydrogen) atoms. The van der Waals surface area contributed by atoms with Gasteiger partial charge in [-0.2, -0.15) is 0 Å². The van der Waals surface area contributed by atoms with Crippen molar-refractivity contribution in [2.45, 2.75) is 31.8 Å². The van der Waals surface area contributed by atoms with Gasteiger partial charge in [0, 0.05) is 19.7 Å². The van der Waals surface area contributed by atoms with Gasteiger partial charge in [-0.25, -0.2) is 0 Å². The van der Waals surface area contributed by atoms with Crippen LogP contribution in [0.2, 0.25) is 0 Å². The molecular weight excluding hydrogens is 190 g/mol. The normalized spacial score (nSPS) is 30.7. The van der Waals surface area contributed by atoms with E-state index in [-0.39, 0.29) is 0 Å². The van der Waals surface area contributed by atoms with Crippen molar-refractivity contribution in [3.05, 3.63) is 24.0 Å². The maximum absolute atomic E-state index is 10.3. The molecule has 1 heterocycles. The Balaban J connectivity index is 2.08. The summed E-state index contributed by atoms with van der Waals surface area (Å²) in [5.74, 6) is 0.576. The molecule has 4 nitrogen and oxygen atoms in total. The molecule has 0 fully saturated rings. The highest BCUT2D eigenvalue weighted by Crippen LogP contribution is 2.28. The fourth-order valence-electron chi connectivity index (χ4n) is 1.94. The molecule has 1 aliphatic rings. The zero-order valence-electron chi connectivity index (χ0n) is 9.22. The first-order valence-corrected chi connectivity index (χ1v) is 5.34. The molecule has 1 aliphatic carbocycles. The van der Waals surface area contributed by atoms with Crippen molar-refractivity contribution in [2.75, 3.05) is 0 Å². The summed E-state index contributed by atoms with van der Waals surface area (Å²) in [6.45, 7) is 2.17. The SMILES string of the molecule is CC1C=CC(O)(Cc2cn(C)nn2)CC1. The third kappa shape index (κ3) is 2.45. The summed E-state index contributed by atoms with van der Waals surface area (Å²) in [5, 5.41) is 18.1. The molecule has 1 aromatic rings. The lowest BCUT2D eigenvalue weighted by Gasteiger charge is -2.28. The van der Waals surface area contributed by atoms with Gasteiger partial charge in [-0.1, -0.05) is 24.3 Å². The maximum Gasteiger partial charge on any atom is 0.0884 e. The van der Waals surface area contributed by atoms with E-state index in [2.05, 4.69) is 23.3 Å². The highest BCUT2D eigenvalue weighted by atomic mass is 16.3. The van der Waals surface area contributed by atoms with Gasteiger partial charge in [-0.3, -0.25) is 4.68 Å². The average Bonchev–Trinajstić information content (AvgIpc) is 2.57. The van der Waals surface area contributed by atoms with Crippen LogP contribution in [0.1, 0.15) is 25.5 Å². The number of rotatable bonds is 2. The fraction of sp³-hybridized carbons (Fsp3) is 0.636.